The van der Waals surface area contributed by atoms with Gasteiger partial charge in [0.15, 0.2) is 5.78 Å². The van der Waals surface area contributed by atoms with E-state index in [1.165, 1.54) is 13.0 Å². The highest BCUT2D eigenvalue weighted by atomic mass is 16.5. The molecule has 0 fully saturated rings. The second-order valence-corrected chi connectivity index (χ2v) is 4.94. The number of rotatable bonds is 4. The predicted octanol–water partition coefficient (Wildman–Crippen LogP) is 4.03. The molecule has 0 atom stereocenters. The zero-order chi connectivity index (χ0) is 15.8. The van der Waals surface area contributed by atoms with Crippen molar-refractivity contribution in [3.63, 3.8) is 0 Å². The summed E-state index contributed by atoms with van der Waals surface area (Å²) < 4.78 is 5.71. The van der Waals surface area contributed by atoms with Crippen molar-refractivity contribution in [3.8, 4) is 17.6 Å². The second-order valence-electron chi connectivity index (χ2n) is 4.94. The van der Waals surface area contributed by atoms with E-state index in [1.54, 1.807) is 6.08 Å². The third-order valence-electron chi connectivity index (χ3n) is 2.97. The molecule has 2 nitrogen and oxygen atoms in total. The summed E-state index contributed by atoms with van der Waals surface area (Å²) in [6.45, 7) is 3.83. The molecule has 110 valence electrons. The summed E-state index contributed by atoms with van der Waals surface area (Å²) in [5, 5.41) is 0. The summed E-state index contributed by atoms with van der Waals surface area (Å²) in [5.74, 6) is 6.78. The number of hydrogen-bond acceptors (Lipinski definition) is 2. The average molecular weight is 290 g/mol. The zero-order valence-corrected chi connectivity index (χ0v) is 12.8. The Hall–Kier alpha value is -2.79. The molecule has 0 aromatic heterocycles. The first-order valence-corrected chi connectivity index (χ1v) is 7.11. The smallest absolute Gasteiger partial charge is 0.152 e. The first-order chi connectivity index (χ1) is 10.6. The molecule has 0 spiro atoms. The van der Waals surface area contributed by atoms with Gasteiger partial charge in [0.1, 0.15) is 12.4 Å². The average Bonchev–Trinajstić information content (AvgIpc) is 2.52. The van der Waals surface area contributed by atoms with E-state index in [4.69, 9.17) is 4.74 Å². The van der Waals surface area contributed by atoms with E-state index in [0.29, 0.717) is 6.61 Å². The van der Waals surface area contributed by atoms with Crippen molar-refractivity contribution in [2.24, 2.45) is 0 Å². The summed E-state index contributed by atoms with van der Waals surface area (Å²) in [6.07, 6.45) is 3.31. The lowest BCUT2D eigenvalue weighted by molar-refractivity contribution is -0.112. The van der Waals surface area contributed by atoms with Gasteiger partial charge in [0.05, 0.1) is 0 Å². The topological polar surface area (TPSA) is 26.3 Å². The highest BCUT2D eigenvalue weighted by Gasteiger charge is 2.01. The van der Waals surface area contributed by atoms with E-state index in [2.05, 4.69) is 11.8 Å². The molecule has 0 aliphatic carbocycles. The Morgan fingerprint density at radius 2 is 1.95 bits per heavy atom. The van der Waals surface area contributed by atoms with Crippen LogP contribution in [-0.2, 0) is 4.79 Å². The van der Waals surface area contributed by atoms with E-state index in [0.717, 1.165) is 22.4 Å². The minimum Gasteiger partial charge on any atom is -0.480 e. The number of ether oxygens (including phenoxy) is 1. The number of aryl methyl sites for hydroxylation is 1. The van der Waals surface area contributed by atoms with Gasteiger partial charge in [0, 0.05) is 11.1 Å². The fraction of sp³-hybridized carbons (Fsp3) is 0.150. The van der Waals surface area contributed by atoms with E-state index < -0.39 is 0 Å². The molecule has 22 heavy (non-hydrogen) atoms. The van der Waals surface area contributed by atoms with Gasteiger partial charge in [-0.2, -0.15) is 0 Å². The molecule has 0 radical (unpaired) electrons. The number of ketones is 1. The van der Waals surface area contributed by atoms with E-state index in [1.807, 2.05) is 55.5 Å². The van der Waals surface area contributed by atoms with E-state index in [9.17, 15) is 4.79 Å². The molecule has 0 heterocycles. The highest BCUT2D eigenvalue weighted by Crippen LogP contribution is 2.21. The number of allylic oxidation sites excluding steroid dienone is 1. The van der Waals surface area contributed by atoms with Crippen molar-refractivity contribution in [1.29, 1.82) is 0 Å². The number of hydrogen-bond donors (Lipinski definition) is 0. The third-order valence-corrected chi connectivity index (χ3v) is 2.97. The van der Waals surface area contributed by atoms with Gasteiger partial charge >= 0.3 is 0 Å². The van der Waals surface area contributed by atoms with Gasteiger partial charge in [-0.25, -0.2) is 0 Å². The Kier molecular flexibility index (Phi) is 5.57. The summed E-state index contributed by atoms with van der Waals surface area (Å²) in [5.41, 5.74) is 2.97. The maximum absolute atomic E-state index is 11.1. The van der Waals surface area contributed by atoms with Crippen molar-refractivity contribution in [2.75, 3.05) is 6.61 Å². The summed E-state index contributed by atoms with van der Waals surface area (Å²) in [7, 11) is 0. The molecule has 2 rings (SSSR count). The normalized spacial score (nSPS) is 10.1. The van der Waals surface area contributed by atoms with E-state index >= 15 is 0 Å². The molecule has 0 saturated carbocycles. The van der Waals surface area contributed by atoms with Crippen LogP contribution in [0.2, 0.25) is 0 Å². The maximum atomic E-state index is 11.1. The molecular weight excluding hydrogens is 272 g/mol. The molecule has 0 saturated heterocycles. The van der Waals surface area contributed by atoms with Gasteiger partial charge in [-0.3, -0.25) is 4.79 Å². The predicted molar refractivity (Wildman–Crippen MR) is 89.7 cm³/mol. The molecule has 0 aliphatic rings. The Morgan fingerprint density at radius 1 is 1.18 bits per heavy atom. The molecule has 0 aliphatic heterocycles. The van der Waals surface area contributed by atoms with Crippen LogP contribution < -0.4 is 4.74 Å². The standard InChI is InChI=1S/C20H18O2/c1-16-10-13-20(19(15-16)12-11-17(2)21)22-14-6-9-18-7-4-3-5-8-18/h3-5,7-8,10-13,15H,14H2,1-2H3/b12-11+. The molecule has 0 bridgehead atoms. The largest absolute Gasteiger partial charge is 0.480 e. The first-order valence-electron chi connectivity index (χ1n) is 7.11. The fourth-order valence-corrected chi connectivity index (χ4v) is 1.91. The molecule has 0 amide bonds. The maximum Gasteiger partial charge on any atom is 0.152 e. The monoisotopic (exact) mass is 290 g/mol. The van der Waals surface area contributed by atoms with Gasteiger partial charge in [0.25, 0.3) is 0 Å². The van der Waals surface area contributed by atoms with Crippen LogP contribution in [0, 0.1) is 18.8 Å². The lowest BCUT2D eigenvalue weighted by atomic mass is 10.1. The van der Waals surface area contributed by atoms with Crippen LogP contribution in [0.3, 0.4) is 0 Å². The van der Waals surface area contributed by atoms with Crippen molar-refractivity contribution >= 4 is 11.9 Å². The first kappa shape index (κ1) is 15.6. The Balaban J connectivity index is 2.07. The van der Waals surface area contributed by atoms with Crippen LogP contribution in [0.1, 0.15) is 23.6 Å². The summed E-state index contributed by atoms with van der Waals surface area (Å²) in [4.78, 5) is 11.1. The van der Waals surface area contributed by atoms with Gasteiger partial charge in [-0.05, 0) is 50.3 Å². The number of benzene rings is 2. The van der Waals surface area contributed by atoms with Crippen LogP contribution in [0.5, 0.6) is 5.75 Å². The van der Waals surface area contributed by atoms with E-state index in [-0.39, 0.29) is 5.78 Å². The summed E-state index contributed by atoms with van der Waals surface area (Å²) in [6, 6.07) is 15.6. The minimum atomic E-state index is 0.0105. The Bertz CT molecular complexity index is 731. The quantitative estimate of drug-likeness (QED) is 0.628. The lowest BCUT2D eigenvalue weighted by Crippen LogP contribution is -1.96. The molecule has 0 N–H and O–H groups in total. The van der Waals surface area contributed by atoms with Crippen molar-refractivity contribution in [1.82, 2.24) is 0 Å². The second kappa shape index (κ2) is 7.85. The number of carbonyl (C=O) groups is 1. The van der Waals surface area contributed by atoms with Crippen molar-refractivity contribution in [2.45, 2.75) is 13.8 Å². The minimum absolute atomic E-state index is 0.0105. The number of carbonyl (C=O) groups excluding carboxylic acids is 1. The lowest BCUT2D eigenvalue weighted by Gasteiger charge is -2.07. The molecule has 2 heteroatoms. The van der Waals surface area contributed by atoms with Crippen LogP contribution >= 0.6 is 0 Å². The van der Waals surface area contributed by atoms with Crippen LogP contribution in [0.15, 0.2) is 54.6 Å². The van der Waals surface area contributed by atoms with Crippen LogP contribution in [0.4, 0.5) is 0 Å². The third kappa shape index (κ3) is 4.96. The Morgan fingerprint density at radius 3 is 2.68 bits per heavy atom. The van der Waals surface area contributed by atoms with Crippen molar-refractivity contribution < 1.29 is 9.53 Å². The highest BCUT2D eigenvalue weighted by molar-refractivity contribution is 5.91. The molecule has 0 unspecified atom stereocenters. The zero-order valence-electron chi connectivity index (χ0n) is 12.8. The molecule has 2 aromatic rings. The molecule has 2 aromatic carbocycles. The van der Waals surface area contributed by atoms with Gasteiger partial charge in [-0.1, -0.05) is 41.7 Å². The van der Waals surface area contributed by atoms with Crippen molar-refractivity contribution in [3.05, 3.63) is 71.3 Å². The Labute approximate surface area is 131 Å². The van der Waals surface area contributed by atoms with Gasteiger partial charge in [0.2, 0.25) is 0 Å². The van der Waals surface area contributed by atoms with Crippen LogP contribution in [-0.4, -0.2) is 12.4 Å². The summed E-state index contributed by atoms with van der Waals surface area (Å²) >= 11 is 0. The SMILES string of the molecule is CC(=O)/C=C/c1cc(C)ccc1OCC#Cc1ccccc1. The van der Waals surface area contributed by atoms with Gasteiger partial charge in [-0.15, -0.1) is 0 Å². The van der Waals surface area contributed by atoms with Crippen LogP contribution in [0.25, 0.3) is 6.08 Å². The van der Waals surface area contributed by atoms with Gasteiger partial charge < -0.3 is 4.74 Å². The fourth-order valence-electron chi connectivity index (χ4n) is 1.91. The molecular formula is C20H18O2.